The summed E-state index contributed by atoms with van der Waals surface area (Å²) in [4.78, 5) is 0. The van der Waals surface area contributed by atoms with Crippen LogP contribution in [0, 0.1) is 0 Å². The van der Waals surface area contributed by atoms with Crippen LogP contribution in [0.25, 0.3) is 0 Å². The molecule has 2 unspecified atom stereocenters. The molecule has 2 aliphatic rings. The number of hydrogen-bond donors (Lipinski definition) is 0. The van der Waals surface area contributed by atoms with Crippen LogP contribution in [0.3, 0.4) is 0 Å². The van der Waals surface area contributed by atoms with Crippen LogP contribution < -0.4 is 0 Å². The monoisotopic (exact) mass is 210 g/mol. The van der Waals surface area contributed by atoms with Crippen LogP contribution in [0.4, 0.5) is 0 Å². The van der Waals surface area contributed by atoms with E-state index in [-0.39, 0.29) is 0 Å². The molecular formula is C12H18O3. The highest BCUT2D eigenvalue weighted by molar-refractivity contribution is 5.04. The Labute approximate surface area is 90.7 Å². The van der Waals surface area contributed by atoms with Crippen LogP contribution >= 0.6 is 0 Å². The van der Waals surface area contributed by atoms with Gasteiger partial charge in [-0.25, -0.2) is 0 Å². The fourth-order valence-corrected chi connectivity index (χ4v) is 1.43. The van der Waals surface area contributed by atoms with Crippen molar-refractivity contribution in [3.8, 4) is 0 Å². The van der Waals surface area contributed by atoms with Crippen molar-refractivity contribution in [1.29, 1.82) is 0 Å². The van der Waals surface area contributed by atoms with Crippen LogP contribution in [0.2, 0.25) is 0 Å². The van der Waals surface area contributed by atoms with E-state index in [1.165, 1.54) is 0 Å². The largest absolute Gasteiger partial charge is 0.467 e. The van der Waals surface area contributed by atoms with Crippen molar-refractivity contribution < 1.29 is 14.2 Å². The van der Waals surface area contributed by atoms with Crippen LogP contribution in [-0.2, 0) is 14.2 Å². The molecule has 0 spiro atoms. The minimum atomic E-state index is 0.381. The Morgan fingerprint density at radius 3 is 1.73 bits per heavy atom. The minimum Gasteiger partial charge on any atom is -0.467 e. The summed E-state index contributed by atoms with van der Waals surface area (Å²) in [6.07, 6.45) is 6.56. The average molecular weight is 210 g/mol. The first kappa shape index (κ1) is 10.7. The molecule has 2 atom stereocenters. The fourth-order valence-electron chi connectivity index (χ4n) is 1.43. The van der Waals surface area contributed by atoms with E-state index in [1.54, 1.807) is 0 Å². The summed E-state index contributed by atoms with van der Waals surface area (Å²) >= 11 is 0. The standard InChI is InChI=1S/C12H18O3/c1-3-9(5-11-7-13-11)15-10(4-2)6-12-8-14-12/h3-4,11-12H,5-8H2,1-2H3. The third kappa shape index (κ3) is 3.68. The number of allylic oxidation sites excluding steroid dienone is 2. The van der Waals surface area contributed by atoms with Crippen LogP contribution in [0.15, 0.2) is 23.7 Å². The van der Waals surface area contributed by atoms with E-state index in [0.717, 1.165) is 37.6 Å². The van der Waals surface area contributed by atoms with Crippen molar-refractivity contribution in [2.75, 3.05) is 13.2 Å². The lowest BCUT2D eigenvalue weighted by Crippen LogP contribution is -2.00. The molecule has 0 saturated carbocycles. The zero-order valence-corrected chi connectivity index (χ0v) is 9.36. The molecule has 2 saturated heterocycles. The lowest BCUT2D eigenvalue weighted by atomic mass is 10.2. The SMILES string of the molecule is CC=C(CC1CO1)OC(=CC)CC1CO1. The van der Waals surface area contributed by atoms with E-state index in [4.69, 9.17) is 14.2 Å². The lowest BCUT2D eigenvalue weighted by Gasteiger charge is -2.11. The van der Waals surface area contributed by atoms with E-state index >= 15 is 0 Å². The lowest BCUT2D eigenvalue weighted by molar-refractivity contribution is 0.252. The van der Waals surface area contributed by atoms with Crippen molar-refractivity contribution in [2.24, 2.45) is 0 Å². The maximum absolute atomic E-state index is 5.81. The van der Waals surface area contributed by atoms with E-state index in [2.05, 4.69) is 0 Å². The van der Waals surface area contributed by atoms with Gasteiger partial charge in [-0.2, -0.15) is 0 Å². The fraction of sp³-hybridized carbons (Fsp3) is 0.667. The van der Waals surface area contributed by atoms with Gasteiger partial charge in [0, 0.05) is 12.8 Å². The molecule has 0 aromatic rings. The van der Waals surface area contributed by atoms with Gasteiger partial charge in [0.2, 0.25) is 0 Å². The maximum Gasteiger partial charge on any atom is 0.102 e. The van der Waals surface area contributed by atoms with Crippen molar-refractivity contribution >= 4 is 0 Å². The molecular weight excluding hydrogens is 192 g/mol. The first-order chi connectivity index (χ1) is 7.31. The molecule has 3 nitrogen and oxygen atoms in total. The Kier molecular flexibility index (Phi) is 3.44. The summed E-state index contributed by atoms with van der Waals surface area (Å²) in [6, 6.07) is 0. The second-order valence-electron chi connectivity index (χ2n) is 3.93. The Balaban J connectivity index is 1.79. The molecule has 3 heteroatoms. The Hall–Kier alpha value is -0.800. The first-order valence-electron chi connectivity index (χ1n) is 5.53. The molecule has 84 valence electrons. The summed E-state index contributed by atoms with van der Waals surface area (Å²) in [5.41, 5.74) is 0. The highest BCUT2D eigenvalue weighted by Crippen LogP contribution is 2.25. The average Bonchev–Trinajstić information content (AvgIpc) is 3.10. The van der Waals surface area contributed by atoms with Gasteiger partial charge in [0.05, 0.1) is 25.4 Å². The number of epoxide rings is 2. The number of ether oxygens (including phenoxy) is 3. The maximum atomic E-state index is 5.81. The molecule has 0 radical (unpaired) electrons. The summed E-state index contributed by atoms with van der Waals surface area (Å²) in [6.45, 7) is 5.74. The molecule has 2 aliphatic heterocycles. The second kappa shape index (κ2) is 4.81. The summed E-state index contributed by atoms with van der Waals surface area (Å²) < 4.78 is 16.2. The molecule has 0 aromatic carbocycles. The predicted molar refractivity (Wildman–Crippen MR) is 57.3 cm³/mol. The molecule has 0 aromatic heterocycles. The molecule has 0 N–H and O–H groups in total. The number of hydrogen-bond acceptors (Lipinski definition) is 3. The van der Waals surface area contributed by atoms with E-state index < -0.39 is 0 Å². The molecule has 2 rings (SSSR count). The van der Waals surface area contributed by atoms with Crippen LogP contribution in [-0.4, -0.2) is 25.4 Å². The van der Waals surface area contributed by atoms with Gasteiger partial charge in [-0.15, -0.1) is 0 Å². The molecule has 0 amide bonds. The smallest absolute Gasteiger partial charge is 0.102 e. The van der Waals surface area contributed by atoms with Gasteiger partial charge in [-0.1, -0.05) is 0 Å². The van der Waals surface area contributed by atoms with Gasteiger partial charge < -0.3 is 14.2 Å². The zero-order chi connectivity index (χ0) is 10.7. The molecule has 0 bridgehead atoms. The van der Waals surface area contributed by atoms with Crippen molar-refractivity contribution in [3.05, 3.63) is 23.7 Å². The highest BCUT2D eigenvalue weighted by Gasteiger charge is 2.27. The molecule has 15 heavy (non-hydrogen) atoms. The Morgan fingerprint density at radius 2 is 1.47 bits per heavy atom. The zero-order valence-electron chi connectivity index (χ0n) is 9.36. The first-order valence-corrected chi connectivity index (χ1v) is 5.53. The van der Waals surface area contributed by atoms with E-state index in [1.807, 2.05) is 26.0 Å². The van der Waals surface area contributed by atoms with Gasteiger partial charge >= 0.3 is 0 Å². The van der Waals surface area contributed by atoms with E-state index in [0.29, 0.717) is 12.2 Å². The van der Waals surface area contributed by atoms with Gasteiger partial charge in [0.25, 0.3) is 0 Å². The Bertz CT molecular complexity index is 245. The third-order valence-electron chi connectivity index (χ3n) is 2.57. The topological polar surface area (TPSA) is 34.3 Å². The van der Waals surface area contributed by atoms with Crippen LogP contribution in [0.1, 0.15) is 26.7 Å². The predicted octanol–water partition coefficient (Wildman–Crippen LogP) is 2.39. The normalized spacial score (nSPS) is 30.3. The molecule has 0 aliphatic carbocycles. The van der Waals surface area contributed by atoms with Crippen molar-refractivity contribution in [2.45, 2.75) is 38.9 Å². The molecule has 2 fully saturated rings. The quantitative estimate of drug-likeness (QED) is 0.498. The van der Waals surface area contributed by atoms with Crippen molar-refractivity contribution in [1.82, 2.24) is 0 Å². The van der Waals surface area contributed by atoms with E-state index in [9.17, 15) is 0 Å². The van der Waals surface area contributed by atoms with Crippen LogP contribution in [0.5, 0.6) is 0 Å². The third-order valence-corrected chi connectivity index (χ3v) is 2.57. The molecule has 2 heterocycles. The van der Waals surface area contributed by atoms with Gasteiger partial charge in [-0.3, -0.25) is 0 Å². The van der Waals surface area contributed by atoms with Gasteiger partial charge in [0.15, 0.2) is 0 Å². The Morgan fingerprint density at radius 1 is 1.07 bits per heavy atom. The minimum absolute atomic E-state index is 0.381. The second-order valence-corrected chi connectivity index (χ2v) is 3.93. The highest BCUT2D eigenvalue weighted by atomic mass is 16.6. The number of rotatable bonds is 6. The summed E-state index contributed by atoms with van der Waals surface area (Å²) in [7, 11) is 0. The summed E-state index contributed by atoms with van der Waals surface area (Å²) in [5.74, 6) is 2.01. The summed E-state index contributed by atoms with van der Waals surface area (Å²) in [5, 5.41) is 0. The van der Waals surface area contributed by atoms with Gasteiger partial charge in [0.1, 0.15) is 11.5 Å². The van der Waals surface area contributed by atoms with Gasteiger partial charge in [-0.05, 0) is 26.0 Å². The van der Waals surface area contributed by atoms with Crippen molar-refractivity contribution in [3.63, 3.8) is 0 Å².